The number of amides is 1. The number of halogens is 3. The summed E-state index contributed by atoms with van der Waals surface area (Å²) in [6.07, 6.45) is 1.67. The molecular formula is C20H20ClF2N3O3. The lowest BCUT2D eigenvalue weighted by atomic mass is 10.0. The molecule has 0 spiro atoms. The fraction of sp³-hybridized carbons (Fsp3) is 0.400. The van der Waals surface area contributed by atoms with Crippen molar-refractivity contribution < 1.29 is 23.0 Å². The molecular weight excluding hydrogens is 404 g/mol. The lowest BCUT2D eigenvalue weighted by molar-refractivity contribution is 0.0302. The smallest absolute Gasteiger partial charge is 0.255 e. The van der Waals surface area contributed by atoms with Gasteiger partial charge in [-0.1, -0.05) is 17.7 Å². The molecule has 9 heteroatoms. The van der Waals surface area contributed by atoms with Crippen LogP contribution in [0, 0.1) is 11.6 Å². The molecule has 1 N–H and O–H groups in total. The molecule has 2 aliphatic rings. The second kappa shape index (κ2) is 8.61. The predicted octanol–water partition coefficient (Wildman–Crippen LogP) is 3.43. The summed E-state index contributed by atoms with van der Waals surface area (Å²) in [6.45, 7) is 2.56. The van der Waals surface area contributed by atoms with Crippen LogP contribution in [0.25, 0.3) is 0 Å². The van der Waals surface area contributed by atoms with Crippen LogP contribution in [0.3, 0.4) is 0 Å². The van der Waals surface area contributed by atoms with E-state index >= 15 is 0 Å². The molecule has 2 fully saturated rings. The molecule has 2 unspecified atom stereocenters. The number of benzene rings is 1. The summed E-state index contributed by atoms with van der Waals surface area (Å²) in [5.41, 5.74) is 0.941. The molecule has 6 nitrogen and oxygen atoms in total. The third-order valence-corrected chi connectivity index (χ3v) is 5.36. The van der Waals surface area contributed by atoms with Gasteiger partial charge in [0, 0.05) is 25.9 Å². The van der Waals surface area contributed by atoms with Crippen molar-refractivity contribution in [3.05, 3.63) is 58.2 Å². The van der Waals surface area contributed by atoms with Crippen LogP contribution in [-0.4, -0.2) is 54.7 Å². The van der Waals surface area contributed by atoms with Crippen LogP contribution in [0.15, 0.2) is 30.5 Å². The van der Waals surface area contributed by atoms with E-state index in [0.717, 1.165) is 12.1 Å². The summed E-state index contributed by atoms with van der Waals surface area (Å²) in [5.74, 6) is -1.55. The van der Waals surface area contributed by atoms with Gasteiger partial charge >= 0.3 is 0 Å². The molecule has 2 aliphatic heterocycles. The maximum atomic E-state index is 13.6. The fourth-order valence-corrected chi connectivity index (χ4v) is 3.76. The number of pyridine rings is 1. The molecule has 2 saturated heterocycles. The fourth-order valence-electron chi connectivity index (χ4n) is 3.54. The van der Waals surface area contributed by atoms with Gasteiger partial charge in [0.25, 0.3) is 5.91 Å². The van der Waals surface area contributed by atoms with E-state index < -0.39 is 17.7 Å². The van der Waals surface area contributed by atoms with Crippen molar-refractivity contribution in [2.24, 2.45) is 0 Å². The molecule has 0 saturated carbocycles. The largest absolute Gasteiger partial charge is 0.378 e. The maximum absolute atomic E-state index is 13.6. The highest BCUT2D eigenvalue weighted by molar-refractivity contribution is 6.33. The molecule has 1 amide bonds. The predicted molar refractivity (Wildman–Crippen MR) is 103 cm³/mol. The Morgan fingerprint density at radius 3 is 2.69 bits per heavy atom. The number of carbonyl (C=O) groups is 1. The van der Waals surface area contributed by atoms with E-state index in [4.69, 9.17) is 21.1 Å². The zero-order chi connectivity index (χ0) is 20.4. The zero-order valence-electron chi connectivity index (χ0n) is 15.5. The van der Waals surface area contributed by atoms with Crippen LogP contribution in [0.4, 0.5) is 14.6 Å². The highest BCUT2D eigenvalue weighted by Crippen LogP contribution is 2.33. The van der Waals surface area contributed by atoms with Gasteiger partial charge in [-0.05, 0) is 30.2 Å². The van der Waals surface area contributed by atoms with Crippen molar-refractivity contribution in [1.29, 1.82) is 0 Å². The molecule has 4 rings (SSSR count). The third kappa shape index (κ3) is 4.34. The Labute approximate surface area is 171 Å². The number of carbonyl (C=O) groups excluding carboxylic acids is 1. The topological polar surface area (TPSA) is 63.7 Å². The number of morpholine rings is 1. The summed E-state index contributed by atoms with van der Waals surface area (Å²) in [4.78, 5) is 18.6. The Balaban J connectivity index is 1.48. The minimum atomic E-state index is -0.918. The van der Waals surface area contributed by atoms with Gasteiger partial charge in [-0.3, -0.25) is 4.79 Å². The SMILES string of the molecule is O=C(c1cnc(NC2CCOC2c2ccc(F)c(F)c2)c(Cl)c1)N1CCOCC1. The lowest BCUT2D eigenvalue weighted by Crippen LogP contribution is -2.40. The second-order valence-electron chi connectivity index (χ2n) is 6.96. The monoisotopic (exact) mass is 423 g/mol. The second-order valence-corrected chi connectivity index (χ2v) is 7.37. The Morgan fingerprint density at radius 2 is 1.97 bits per heavy atom. The molecule has 29 heavy (non-hydrogen) atoms. The third-order valence-electron chi connectivity index (χ3n) is 5.07. The molecule has 2 atom stereocenters. The number of aromatic nitrogens is 1. The number of rotatable bonds is 4. The van der Waals surface area contributed by atoms with Crippen LogP contribution in [0.1, 0.15) is 28.4 Å². The average molecular weight is 424 g/mol. The van der Waals surface area contributed by atoms with E-state index in [2.05, 4.69) is 10.3 Å². The maximum Gasteiger partial charge on any atom is 0.255 e. The minimum Gasteiger partial charge on any atom is -0.378 e. The van der Waals surface area contributed by atoms with Gasteiger partial charge in [0.15, 0.2) is 11.6 Å². The quantitative estimate of drug-likeness (QED) is 0.816. The number of anilines is 1. The van der Waals surface area contributed by atoms with Crippen molar-refractivity contribution in [3.63, 3.8) is 0 Å². The molecule has 0 bridgehead atoms. The lowest BCUT2D eigenvalue weighted by Gasteiger charge is -2.27. The van der Waals surface area contributed by atoms with E-state index in [0.29, 0.717) is 61.3 Å². The van der Waals surface area contributed by atoms with E-state index in [9.17, 15) is 13.6 Å². The first-order chi connectivity index (χ1) is 14.0. The average Bonchev–Trinajstić information content (AvgIpc) is 3.20. The number of nitrogens with zero attached hydrogens (tertiary/aromatic N) is 2. The van der Waals surface area contributed by atoms with Crippen LogP contribution < -0.4 is 5.32 Å². The van der Waals surface area contributed by atoms with E-state index in [-0.39, 0.29) is 11.9 Å². The van der Waals surface area contributed by atoms with Crippen molar-refractivity contribution >= 4 is 23.3 Å². The summed E-state index contributed by atoms with van der Waals surface area (Å²) in [6, 6.07) is 5.09. The molecule has 2 aromatic rings. The normalized spacial score (nSPS) is 22.0. The van der Waals surface area contributed by atoms with Crippen molar-refractivity contribution in [2.45, 2.75) is 18.6 Å². The molecule has 3 heterocycles. The van der Waals surface area contributed by atoms with Gasteiger partial charge in [0.1, 0.15) is 11.9 Å². The molecule has 0 aliphatic carbocycles. The van der Waals surface area contributed by atoms with Gasteiger partial charge < -0.3 is 19.7 Å². The van der Waals surface area contributed by atoms with Gasteiger partial charge in [0.2, 0.25) is 0 Å². The summed E-state index contributed by atoms with van der Waals surface area (Å²) in [5, 5.41) is 3.51. The highest BCUT2D eigenvalue weighted by atomic mass is 35.5. The van der Waals surface area contributed by atoms with Crippen LogP contribution in [-0.2, 0) is 9.47 Å². The Bertz CT molecular complexity index is 909. The zero-order valence-corrected chi connectivity index (χ0v) is 16.3. The van der Waals surface area contributed by atoms with Crippen molar-refractivity contribution in [2.75, 3.05) is 38.2 Å². The Morgan fingerprint density at radius 1 is 1.17 bits per heavy atom. The van der Waals surface area contributed by atoms with Crippen molar-refractivity contribution in [1.82, 2.24) is 9.88 Å². The highest BCUT2D eigenvalue weighted by Gasteiger charge is 2.31. The van der Waals surface area contributed by atoms with Gasteiger partial charge in [-0.2, -0.15) is 0 Å². The number of hydrogen-bond acceptors (Lipinski definition) is 5. The first-order valence-electron chi connectivity index (χ1n) is 9.38. The first kappa shape index (κ1) is 20.0. The van der Waals surface area contributed by atoms with Gasteiger partial charge in [-0.25, -0.2) is 13.8 Å². The van der Waals surface area contributed by atoms with E-state index in [1.54, 1.807) is 11.0 Å². The Hall–Kier alpha value is -2.29. The number of ether oxygens (including phenoxy) is 2. The van der Waals surface area contributed by atoms with Crippen molar-refractivity contribution in [3.8, 4) is 0 Å². The van der Waals surface area contributed by atoms with Crippen LogP contribution in [0.2, 0.25) is 5.02 Å². The van der Waals surface area contributed by atoms with Gasteiger partial charge in [0.05, 0.1) is 29.8 Å². The van der Waals surface area contributed by atoms with Crippen LogP contribution >= 0.6 is 11.6 Å². The number of nitrogens with one attached hydrogen (secondary N) is 1. The molecule has 154 valence electrons. The standard InChI is InChI=1S/C20H20ClF2N3O3/c21-14-9-13(20(27)26-4-7-28-8-5-26)11-24-19(14)25-17-3-6-29-18(17)12-1-2-15(22)16(23)10-12/h1-2,9-11,17-18H,3-8H2,(H,24,25). The molecule has 0 radical (unpaired) electrons. The molecule has 1 aromatic heterocycles. The summed E-state index contributed by atoms with van der Waals surface area (Å²) >= 11 is 6.36. The Kier molecular flexibility index (Phi) is 5.94. The first-order valence-corrected chi connectivity index (χ1v) is 9.76. The van der Waals surface area contributed by atoms with Crippen LogP contribution in [0.5, 0.6) is 0 Å². The molecule has 1 aromatic carbocycles. The minimum absolute atomic E-state index is 0.141. The summed E-state index contributed by atoms with van der Waals surface area (Å²) < 4.78 is 37.8. The van der Waals surface area contributed by atoms with E-state index in [1.807, 2.05) is 0 Å². The van der Waals surface area contributed by atoms with Gasteiger partial charge in [-0.15, -0.1) is 0 Å². The summed E-state index contributed by atoms with van der Waals surface area (Å²) in [7, 11) is 0. The number of hydrogen-bond donors (Lipinski definition) is 1. The van der Waals surface area contributed by atoms with E-state index in [1.165, 1.54) is 12.3 Å².